The summed E-state index contributed by atoms with van der Waals surface area (Å²) in [6.45, 7) is 0. The van der Waals surface area contributed by atoms with Gasteiger partial charge in [-0.15, -0.1) is 0 Å². The van der Waals surface area contributed by atoms with Gasteiger partial charge < -0.3 is 9.47 Å². The van der Waals surface area contributed by atoms with Crippen LogP contribution < -0.4 is 9.47 Å². The van der Waals surface area contributed by atoms with Gasteiger partial charge in [0, 0.05) is 33.7 Å². The first kappa shape index (κ1) is 22.1. The molecule has 0 aliphatic heterocycles. The van der Waals surface area contributed by atoms with E-state index >= 15 is 0 Å². The number of nitrogens with zero attached hydrogens (tertiary/aromatic N) is 1. The molecule has 0 aliphatic carbocycles. The van der Waals surface area contributed by atoms with Crippen LogP contribution >= 0.6 is 11.6 Å². The van der Waals surface area contributed by atoms with Crippen LogP contribution in [0.25, 0.3) is 6.08 Å². The largest absolute Gasteiger partial charge is 0.496 e. The van der Waals surface area contributed by atoms with E-state index < -0.39 is 11.6 Å². The summed E-state index contributed by atoms with van der Waals surface area (Å²) in [5.41, 5.74) is 1.69. The molecule has 31 heavy (non-hydrogen) atoms. The summed E-state index contributed by atoms with van der Waals surface area (Å²) in [5.74, 6) is -0.0114. The van der Waals surface area contributed by atoms with Crippen LogP contribution in [0, 0.1) is 17.1 Å². The summed E-state index contributed by atoms with van der Waals surface area (Å²) in [4.78, 5) is 12.7. The van der Waals surface area contributed by atoms with Crippen LogP contribution in [0.5, 0.6) is 11.5 Å². The van der Waals surface area contributed by atoms with E-state index in [1.54, 1.807) is 48.5 Å². The first-order chi connectivity index (χ1) is 15.0. The highest BCUT2D eigenvalue weighted by Gasteiger charge is 2.20. The number of nitriles is 1. The van der Waals surface area contributed by atoms with Crippen molar-refractivity contribution in [2.75, 3.05) is 14.2 Å². The lowest BCUT2D eigenvalue weighted by molar-refractivity contribution is 0.104. The minimum atomic E-state index is -0.450. The fraction of sp³-hybridized carbons (Fsp3) is 0.120. The molecule has 3 aromatic carbocycles. The first-order valence-electron chi connectivity index (χ1n) is 9.38. The number of benzene rings is 3. The Kier molecular flexibility index (Phi) is 7.07. The summed E-state index contributed by atoms with van der Waals surface area (Å²) >= 11 is 6.21. The lowest BCUT2D eigenvalue weighted by atomic mass is 9.97. The molecule has 3 rings (SSSR count). The number of methoxy groups -OCH3 is 2. The topological polar surface area (TPSA) is 59.3 Å². The SMILES string of the molecule is COc1ccc(/C=C(/C#N)C(=O)c2ccccc2)c(OC)c1Cc1c(F)cccc1Cl. The van der Waals surface area contributed by atoms with E-state index in [1.807, 2.05) is 6.07 Å². The zero-order valence-corrected chi connectivity index (χ0v) is 17.7. The summed E-state index contributed by atoms with van der Waals surface area (Å²) in [6, 6.07) is 18.3. The van der Waals surface area contributed by atoms with E-state index in [2.05, 4.69) is 0 Å². The Labute approximate surface area is 185 Å². The third-order valence-corrected chi connectivity index (χ3v) is 5.14. The molecular weight excluding hydrogens is 417 g/mol. The number of hydrogen-bond acceptors (Lipinski definition) is 4. The Morgan fingerprint density at radius 1 is 1.03 bits per heavy atom. The molecule has 4 nitrogen and oxygen atoms in total. The third-order valence-electron chi connectivity index (χ3n) is 4.79. The number of carbonyl (C=O) groups excluding carboxylic acids is 1. The predicted molar refractivity (Wildman–Crippen MR) is 118 cm³/mol. The Morgan fingerprint density at radius 3 is 2.39 bits per heavy atom. The van der Waals surface area contributed by atoms with Crippen LogP contribution in [0.3, 0.4) is 0 Å². The Hall–Kier alpha value is -3.62. The minimum absolute atomic E-state index is 0.0514. The van der Waals surface area contributed by atoms with Gasteiger partial charge in [-0.3, -0.25) is 4.79 Å². The van der Waals surface area contributed by atoms with Gasteiger partial charge in [-0.25, -0.2) is 4.39 Å². The van der Waals surface area contributed by atoms with Crippen LogP contribution in [0.2, 0.25) is 5.02 Å². The average molecular weight is 436 g/mol. The third kappa shape index (κ3) is 4.76. The molecule has 0 aromatic heterocycles. The van der Waals surface area contributed by atoms with Gasteiger partial charge in [0.15, 0.2) is 0 Å². The van der Waals surface area contributed by atoms with Gasteiger partial charge in [-0.05, 0) is 30.3 Å². The maximum Gasteiger partial charge on any atom is 0.203 e. The summed E-state index contributed by atoms with van der Waals surface area (Å²) in [7, 11) is 2.96. The Bertz CT molecular complexity index is 1160. The summed E-state index contributed by atoms with van der Waals surface area (Å²) < 4.78 is 25.4. The lowest BCUT2D eigenvalue weighted by Gasteiger charge is -2.17. The van der Waals surface area contributed by atoms with Crippen LogP contribution in [-0.2, 0) is 6.42 Å². The van der Waals surface area contributed by atoms with Crippen molar-refractivity contribution < 1.29 is 18.7 Å². The van der Waals surface area contributed by atoms with Crippen molar-refractivity contribution in [3.63, 3.8) is 0 Å². The van der Waals surface area contributed by atoms with Gasteiger partial charge in [0.25, 0.3) is 0 Å². The molecule has 6 heteroatoms. The first-order valence-corrected chi connectivity index (χ1v) is 9.76. The summed E-state index contributed by atoms with van der Waals surface area (Å²) in [5, 5.41) is 9.87. The van der Waals surface area contributed by atoms with Crippen molar-refractivity contribution >= 4 is 23.5 Å². The molecule has 0 N–H and O–H groups in total. The molecule has 0 radical (unpaired) electrons. The van der Waals surface area contributed by atoms with E-state index in [-0.39, 0.29) is 17.0 Å². The number of ether oxygens (including phenoxy) is 2. The van der Waals surface area contributed by atoms with Crippen LogP contribution in [-0.4, -0.2) is 20.0 Å². The van der Waals surface area contributed by atoms with Crippen LogP contribution in [0.15, 0.2) is 66.2 Å². The van der Waals surface area contributed by atoms with Gasteiger partial charge in [0.05, 0.1) is 14.2 Å². The molecule has 0 bridgehead atoms. The maximum atomic E-state index is 14.4. The molecule has 0 heterocycles. The van der Waals surface area contributed by atoms with E-state index in [4.69, 9.17) is 21.1 Å². The second kappa shape index (κ2) is 9.92. The van der Waals surface area contributed by atoms with Crippen molar-refractivity contribution in [3.05, 3.63) is 99.3 Å². The highest BCUT2D eigenvalue weighted by atomic mass is 35.5. The normalized spacial score (nSPS) is 11.0. The highest BCUT2D eigenvalue weighted by Crippen LogP contribution is 2.37. The summed E-state index contributed by atoms with van der Waals surface area (Å²) in [6.07, 6.45) is 1.56. The molecule has 0 fully saturated rings. The zero-order chi connectivity index (χ0) is 22.4. The molecule has 0 amide bonds. The van der Waals surface area contributed by atoms with Gasteiger partial charge in [0.1, 0.15) is 29.0 Å². The van der Waals surface area contributed by atoms with Crippen LogP contribution in [0.4, 0.5) is 4.39 Å². The van der Waals surface area contributed by atoms with E-state index in [9.17, 15) is 14.4 Å². The second-order valence-corrected chi connectivity index (χ2v) is 7.02. The van der Waals surface area contributed by atoms with E-state index in [1.165, 1.54) is 32.4 Å². The smallest absolute Gasteiger partial charge is 0.203 e. The predicted octanol–water partition coefficient (Wildman–Crippen LogP) is 5.88. The van der Waals surface area contributed by atoms with Gasteiger partial charge in [-0.2, -0.15) is 5.26 Å². The molecular formula is C25H19ClFNO3. The van der Waals surface area contributed by atoms with Crippen molar-refractivity contribution in [3.8, 4) is 17.6 Å². The molecule has 0 spiro atoms. The Balaban J connectivity index is 2.12. The molecule has 0 saturated carbocycles. The number of Topliss-reactive ketones (excluding diaryl/α,β-unsaturated/α-hetero) is 1. The lowest BCUT2D eigenvalue weighted by Crippen LogP contribution is -2.04. The molecule has 0 atom stereocenters. The van der Waals surface area contributed by atoms with E-state index in [0.29, 0.717) is 33.8 Å². The number of ketones is 1. The number of hydrogen-bond donors (Lipinski definition) is 0. The van der Waals surface area contributed by atoms with Gasteiger partial charge in [0.2, 0.25) is 5.78 Å². The highest BCUT2D eigenvalue weighted by molar-refractivity contribution is 6.31. The molecule has 0 saturated heterocycles. The van der Waals surface area contributed by atoms with Crippen molar-refractivity contribution in [1.29, 1.82) is 5.26 Å². The number of allylic oxidation sites excluding steroid dienone is 1. The van der Waals surface area contributed by atoms with Gasteiger partial charge >= 0.3 is 0 Å². The van der Waals surface area contributed by atoms with Crippen molar-refractivity contribution in [2.24, 2.45) is 0 Å². The Morgan fingerprint density at radius 2 is 1.77 bits per heavy atom. The number of halogens is 2. The zero-order valence-electron chi connectivity index (χ0n) is 17.0. The van der Waals surface area contributed by atoms with Crippen molar-refractivity contribution in [2.45, 2.75) is 6.42 Å². The fourth-order valence-electron chi connectivity index (χ4n) is 3.27. The molecule has 0 unspecified atom stereocenters. The maximum absolute atomic E-state index is 14.4. The fourth-order valence-corrected chi connectivity index (χ4v) is 3.50. The van der Waals surface area contributed by atoms with E-state index in [0.717, 1.165) is 0 Å². The number of carbonyl (C=O) groups is 1. The monoisotopic (exact) mass is 435 g/mol. The minimum Gasteiger partial charge on any atom is -0.496 e. The molecule has 0 aliphatic rings. The average Bonchev–Trinajstić information content (AvgIpc) is 2.80. The quantitative estimate of drug-likeness (QED) is 0.264. The molecule has 156 valence electrons. The molecule has 3 aromatic rings. The van der Waals surface area contributed by atoms with Crippen molar-refractivity contribution in [1.82, 2.24) is 0 Å². The van der Waals surface area contributed by atoms with Gasteiger partial charge in [-0.1, -0.05) is 48.0 Å². The number of rotatable bonds is 7. The standard InChI is InChI=1S/C25H19ClFNO3/c1-30-23-12-11-17(13-18(15-28)24(29)16-7-4-3-5-8-16)25(31-2)20(23)14-19-21(26)9-6-10-22(19)27/h3-13H,14H2,1-2H3/b18-13-. The van der Waals surface area contributed by atoms with Crippen LogP contribution in [0.1, 0.15) is 27.0 Å². The second-order valence-electron chi connectivity index (χ2n) is 6.61.